The van der Waals surface area contributed by atoms with Gasteiger partial charge in [0, 0.05) is 24.0 Å². The number of hydrogen-bond donors (Lipinski definition) is 1. The first-order chi connectivity index (χ1) is 23.1. The van der Waals surface area contributed by atoms with E-state index in [0.29, 0.717) is 28.5 Å². The standard InChI is InChI=1S/C37H42ClN3O6S/c1-5-27(3)39-37(43)34(24-28-13-8-7-9-14-28)40(25-29-15-12-16-31(23-29)46-4)36(42)26-41(33-17-10-11-18-35(33)47-6-2)48(44,45)32-21-19-30(38)20-22-32/h7-23,27,34H,5-6,24-26H2,1-4H3,(H,39,43)/t27-,34-/m0/s1. The van der Waals surface area contributed by atoms with Crippen molar-refractivity contribution in [3.8, 4) is 11.5 Å². The Hall–Kier alpha value is -4.54. The van der Waals surface area contributed by atoms with Gasteiger partial charge in [0.1, 0.15) is 24.1 Å². The van der Waals surface area contributed by atoms with Crippen LogP contribution in [0.3, 0.4) is 0 Å². The fourth-order valence-electron chi connectivity index (χ4n) is 5.15. The van der Waals surface area contributed by atoms with E-state index in [1.54, 1.807) is 56.5 Å². The third-order valence-corrected chi connectivity index (χ3v) is 9.90. The number of methoxy groups -OCH3 is 1. The number of para-hydroxylation sites is 2. The molecule has 2 atom stereocenters. The van der Waals surface area contributed by atoms with E-state index in [2.05, 4.69) is 5.32 Å². The number of ether oxygens (including phenoxy) is 2. The summed E-state index contributed by atoms with van der Waals surface area (Å²) in [5, 5.41) is 3.41. The minimum Gasteiger partial charge on any atom is -0.497 e. The molecular weight excluding hydrogens is 650 g/mol. The lowest BCUT2D eigenvalue weighted by atomic mass is 10.0. The van der Waals surface area contributed by atoms with E-state index in [1.165, 1.54) is 29.2 Å². The number of rotatable bonds is 16. The molecule has 0 heterocycles. The highest BCUT2D eigenvalue weighted by Gasteiger charge is 2.36. The van der Waals surface area contributed by atoms with Gasteiger partial charge in [0.05, 0.1) is 24.3 Å². The van der Waals surface area contributed by atoms with Crippen LogP contribution in [-0.4, -0.2) is 57.5 Å². The Labute approximate surface area is 288 Å². The van der Waals surface area contributed by atoms with Crippen LogP contribution in [0.5, 0.6) is 11.5 Å². The first kappa shape index (κ1) is 36.3. The summed E-state index contributed by atoms with van der Waals surface area (Å²) in [5.74, 6) is -0.0469. The number of amides is 2. The van der Waals surface area contributed by atoms with Gasteiger partial charge in [0.2, 0.25) is 11.8 Å². The molecule has 0 aromatic heterocycles. The minimum atomic E-state index is -4.32. The van der Waals surface area contributed by atoms with Gasteiger partial charge >= 0.3 is 0 Å². The summed E-state index contributed by atoms with van der Waals surface area (Å²) in [6.45, 7) is 5.34. The molecule has 0 saturated heterocycles. The van der Waals surface area contributed by atoms with E-state index >= 15 is 0 Å². The number of hydrogen-bond acceptors (Lipinski definition) is 6. The predicted molar refractivity (Wildman–Crippen MR) is 189 cm³/mol. The van der Waals surface area contributed by atoms with Crippen LogP contribution in [0, 0.1) is 0 Å². The third kappa shape index (κ3) is 9.29. The van der Waals surface area contributed by atoms with Gasteiger partial charge in [-0.3, -0.25) is 13.9 Å². The summed E-state index contributed by atoms with van der Waals surface area (Å²) in [6, 6.07) is 27.9. The fraction of sp³-hybridized carbons (Fsp3) is 0.297. The van der Waals surface area contributed by atoms with Crippen LogP contribution in [0.25, 0.3) is 0 Å². The summed E-state index contributed by atoms with van der Waals surface area (Å²) < 4.78 is 41.0. The number of sulfonamides is 1. The van der Waals surface area contributed by atoms with Gasteiger partial charge in [-0.2, -0.15) is 0 Å². The second kappa shape index (κ2) is 17.0. The predicted octanol–water partition coefficient (Wildman–Crippen LogP) is 6.50. The van der Waals surface area contributed by atoms with Crippen LogP contribution in [0.1, 0.15) is 38.3 Å². The van der Waals surface area contributed by atoms with Crippen molar-refractivity contribution in [1.29, 1.82) is 0 Å². The summed E-state index contributed by atoms with van der Waals surface area (Å²) in [6.07, 6.45) is 0.896. The monoisotopic (exact) mass is 691 g/mol. The van der Waals surface area contributed by atoms with Crippen molar-refractivity contribution in [1.82, 2.24) is 10.2 Å². The first-order valence-electron chi connectivity index (χ1n) is 15.8. The lowest BCUT2D eigenvalue weighted by Crippen LogP contribution is -2.54. The van der Waals surface area contributed by atoms with Crippen molar-refractivity contribution in [3.63, 3.8) is 0 Å². The van der Waals surface area contributed by atoms with Gasteiger partial charge in [0.15, 0.2) is 0 Å². The molecule has 4 rings (SSSR count). The minimum absolute atomic E-state index is 0.0173. The summed E-state index contributed by atoms with van der Waals surface area (Å²) in [7, 11) is -2.77. The largest absolute Gasteiger partial charge is 0.497 e. The molecule has 4 aromatic carbocycles. The van der Waals surface area contributed by atoms with Gasteiger partial charge in [0.25, 0.3) is 10.0 Å². The first-order valence-corrected chi connectivity index (χ1v) is 17.7. The molecule has 0 aliphatic rings. The molecule has 0 unspecified atom stereocenters. The number of nitrogens with one attached hydrogen (secondary N) is 1. The van der Waals surface area contributed by atoms with Crippen molar-refractivity contribution >= 4 is 39.1 Å². The second-order valence-electron chi connectivity index (χ2n) is 11.3. The highest BCUT2D eigenvalue weighted by molar-refractivity contribution is 7.92. The smallest absolute Gasteiger partial charge is 0.264 e. The Kier molecular flexibility index (Phi) is 12.9. The van der Waals surface area contributed by atoms with E-state index in [1.807, 2.05) is 50.2 Å². The zero-order valence-electron chi connectivity index (χ0n) is 27.6. The van der Waals surface area contributed by atoms with Crippen molar-refractivity contribution in [2.75, 3.05) is 24.6 Å². The molecule has 2 amide bonds. The topological polar surface area (TPSA) is 105 Å². The maximum atomic E-state index is 14.7. The number of benzene rings is 4. The Bertz CT molecular complexity index is 1770. The molecule has 48 heavy (non-hydrogen) atoms. The summed E-state index contributed by atoms with van der Waals surface area (Å²) in [5.41, 5.74) is 1.74. The average Bonchev–Trinajstić information content (AvgIpc) is 3.09. The zero-order valence-corrected chi connectivity index (χ0v) is 29.2. The van der Waals surface area contributed by atoms with E-state index < -0.39 is 28.5 Å². The molecule has 0 aliphatic carbocycles. The molecule has 254 valence electrons. The van der Waals surface area contributed by atoms with Gasteiger partial charge < -0.3 is 19.7 Å². The Morgan fingerprint density at radius 2 is 1.54 bits per heavy atom. The van der Waals surface area contributed by atoms with Crippen molar-refractivity contribution in [2.45, 2.75) is 57.1 Å². The van der Waals surface area contributed by atoms with Crippen LogP contribution in [0.4, 0.5) is 5.69 Å². The highest BCUT2D eigenvalue weighted by atomic mass is 35.5. The molecule has 0 bridgehead atoms. The van der Waals surface area contributed by atoms with Gasteiger partial charge in [-0.1, -0.05) is 73.1 Å². The third-order valence-electron chi connectivity index (χ3n) is 7.87. The van der Waals surface area contributed by atoms with Crippen LogP contribution in [0.15, 0.2) is 108 Å². The van der Waals surface area contributed by atoms with Crippen molar-refractivity contribution < 1.29 is 27.5 Å². The molecule has 1 N–H and O–H groups in total. The van der Waals surface area contributed by atoms with E-state index in [4.69, 9.17) is 21.1 Å². The van der Waals surface area contributed by atoms with E-state index in [-0.39, 0.29) is 42.1 Å². The zero-order chi connectivity index (χ0) is 34.7. The fourth-order valence-corrected chi connectivity index (χ4v) is 6.70. The van der Waals surface area contributed by atoms with Crippen molar-refractivity contribution in [2.24, 2.45) is 0 Å². The maximum absolute atomic E-state index is 14.7. The van der Waals surface area contributed by atoms with E-state index in [9.17, 15) is 18.0 Å². The average molecular weight is 692 g/mol. The molecule has 0 fully saturated rings. The molecule has 0 radical (unpaired) electrons. The summed E-state index contributed by atoms with van der Waals surface area (Å²) >= 11 is 6.09. The number of anilines is 1. The number of carbonyl (C=O) groups is 2. The molecule has 0 spiro atoms. The van der Waals surface area contributed by atoms with Gasteiger partial charge in [-0.25, -0.2) is 8.42 Å². The van der Waals surface area contributed by atoms with Crippen LogP contribution >= 0.6 is 11.6 Å². The Morgan fingerprint density at radius 1 is 0.875 bits per heavy atom. The number of nitrogens with zero attached hydrogens (tertiary/aromatic N) is 2. The molecule has 0 saturated carbocycles. The molecule has 11 heteroatoms. The SMILES string of the molecule is CCOc1ccccc1N(CC(=O)N(Cc1cccc(OC)c1)[C@@H](Cc1ccccc1)C(=O)N[C@@H](C)CC)S(=O)(=O)c1ccc(Cl)cc1. The Balaban J connectivity index is 1.85. The number of carbonyl (C=O) groups excluding carboxylic acids is 2. The molecule has 4 aromatic rings. The second-order valence-corrected chi connectivity index (χ2v) is 13.6. The normalized spacial score (nSPS) is 12.4. The van der Waals surface area contributed by atoms with Crippen LogP contribution in [0.2, 0.25) is 5.02 Å². The van der Waals surface area contributed by atoms with Crippen LogP contribution < -0.4 is 19.1 Å². The quantitative estimate of drug-likeness (QED) is 0.144. The van der Waals surface area contributed by atoms with E-state index in [0.717, 1.165) is 9.87 Å². The molecule has 0 aliphatic heterocycles. The summed E-state index contributed by atoms with van der Waals surface area (Å²) in [4.78, 5) is 30.1. The lowest BCUT2D eigenvalue weighted by Gasteiger charge is -2.34. The van der Waals surface area contributed by atoms with Gasteiger partial charge in [-0.05, 0) is 79.9 Å². The van der Waals surface area contributed by atoms with Gasteiger partial charge in [-0.15, -0.1) is 0 Å². The number of halogens is 1. The molecule has 9 nitrogen and oxygen atoms in total. The highest BCUT2D eigenvalue weighted by Crippen LogP contribution is 2.33. The lowest BCUT2D eigenvalue weighted by molar-refractivity contribution is -0.140. The maximum Gasteiger partial charge on any atom is 0.264 e. The van der Waals surface area contributed by atoms with Crippen LogP contribution in [-0.2, 0) is 32.6 Å². The molecular formula is C37H42ClN3O6S. The Morgan fingerprint density at radius 3 is 2.21 bits per heavy atom. The van der Waals surface area contributed by atoms with Crippen molar-refractivity contribution in [3.05, 3.63) is 119 Å².